The summed E-state index contributed by atoms with van der Waals surface area (Å²) in [4.78, 5) is 7.91. The molecule has 2 heterocycles. The number of rotatable bonds is 1. The monoisotopic (exact) mass is 311 g/mol. The van der Waals surface area contributed by atoms with Gasteiger partial charge in [-0.15, -0.1) is 0 Å². The Balaban J connectivity index is 1.81. The van der Waals surface area contributed by atoms with Gasteiger partial charge in [-0.05, 0) is 25.0 Å². The number of benzene rings is 1. The minimum Gasteiger partial charge on any atom is -0.497 e. The van der Waals surface area contributed by atoms with Crippen molar-refractivity contribution in [2.24, 2.45) is 0 Å². The standard InChI is InChI=1S/C18H21N3O2/c1-19-12-16-18(9-5-4-6-10-18)23-17-20(2)15-11-13(22-3)7-8-14(15)21(16)17/h7-8,11-12,17H,4-6,9-10H2,2-3H3/b16-12-. The zero-order chi connectivity index (χ0) is 16.0. The Labute approximate surface area is 136 Å². The van der Waals surface area contributed by atoms with E-state index in [1.165, 1.54) is 6.42 Å². The number of anilines is 2. The molecule has 1 spiro atoms. The van der Waals surface area contributed by atoms with Gasteiger partial charge in [-0.3, -0.25) is 0 Å². The first-order chi connectivity index (χ1) is 11.2. The van der Waals surface area contributed by atoms with E-state index >= 15 is 0 Å². The van der Waals surface area contributed by atoms with Crippen LogP contribution in [-0.2, 0) is 4.74 Å². The molecule has 3 aliphatic rings. The molecule has 0 N–H and O–H groups in total. The third kappa shape index (κ3) is 1.95. The van der Waals surface area contributed by atoms with Gasteiger partial charge in [-0.2, -0.15) is 0 Å². The Kier molecular flexibility index (Phi) is 3.24. The van der Waals surface area contributed by atoms with Gasteiger partial charge in [-0.1, -0.05) is 19.3 Å². The lowest BCUT2D eigenvalue weighted by molar-refractivity contribution is -0.0461. The van der Waals surface area contributed by atoms with E-state index in [4.69, 9.17) is 16.0 Å². The lowest BCUT2D eigenvalue weighted by Gasteiger charge is -2.35. The number of methoxy groups -OCH3 is 1. The van der Waals surface area contributed by atoms with E-state index in [-0.39, 0.29) is 12.0 Å². The van der Waals surface area contributed by atoms with Crippen LogP contribution in [0.25, 0.3) is 4.85 Å². The molecule has 2 fully saturated rings. The molecule has 120 valence electrons. The molecule has 1 atom stereocenters. The molecule has 0 aromatic heterocycles. The molecule has 0 bridgehead atoms. The Morgan fingerprint density at radius 3 is 2.78 bits per heavy atom. The number of fused-ring (bicyclic) bond motifs is 3. The van der Waals surface area contributed by atoms with Crippen LogP contribution in [0.2, 0.25) is 0 Å². The molecule has 1 aromatic carbocycles. The minimum absolute atomic E-state index is 0.164. The second kappa shape index (κ2) is 5.17. The molecule has 1 saturated carbocycles. The van der Waals surface area contributed by atoms with Gasteiger partial charge >= 0.3 is 0 Å². The lowest BCUT2D eigenvalue weighted by atomic mass is 9.82. The maximum Gasteiger partial charge on any atom is 0.214 e. The normalized spacial score (nSPS) is 26.3. The smallest absolute Gasteiger partial charge is 0.214 e. The Morgan fingerprint density at radius 1 is 1.30 bits per heavy atom. The van der Waals surface area contributed by atoms with Gasteiger partial charge in [0.25, 0.3) is 0 Å². The quantitative estimate of drug-likeness (QED) is 0.739. The molecule has 1 aromatic rings. The highest BCUT2D eigenvalue weighted by atomic mass is 16.6. The fourth-order valence-electron chi connectivity index (χ4n) is 4.13. The first kappa shape index (κ1) is 14.4. The van der Waals surface area contributed by atoms with Crippen LogP contribution in [0.1, 0.15) is 32.1 Å². The number of nitrogens with zero attached hydrogens (tertiary/aromatic N) is 3. The van der Waals surface area contributed by atoms with Crippen LogP contribution in [-0.4, -0.2) is 26.1 Å². The zero-order valence-corrected chi connectivity index (χ0v) is 13.6. The van der Waals surface area contributed by atoms with Crippen molar-refractivity contribution >= 4 is 11.4 Å². The van der Waals surface area contributed by atoms with E-state index in [0.717, 1.165) is 48.5 Å². The molecular weight excluding hydrogens is 290 g/mol. The van der Waals surface area contributed by atoms with E-state index in [0.29, 0.717) is 0 Å². The summed E-state index contributed by atoms with van der Waals surface area (Å²) in [5.41, 5.74) is 2.90. The predicted octanol–water partition coefficient (Wildman–Crippen LogP) is 3.73. The molecule has 1 saturated heterocycles. The van der Waals surface area contributed by atoms with E-state index in [1.54, 1.807) is 13.3 Å². The molecule has 2 aliphatic heterocycles. The van der Waals surface area contributed by atoms with Crippen molar-refractivity contribution in [2.75, 3.05) is 24.0 Å². The van der Waals surface area contributed by atoms with Gasteiger partial charge in [0.15, 0.2) is 6.20 Å². The van der Waals surface area contributed by atoms with E-state index in [1.807, 2.05) is 19.2 Å². The van der Waals surface area contributed by atoms with Crippen molar-refractivity contribution in [3.8, 4) is 5.75 Å². The Hall–Kier alpha value is -2.19. The summed E-state index contributed by atoms with van der Waals surface area (Å²) in [6.45, 7) is 7.35. The van der Waals surface area contributed by atoms with Crippen molar-refractivity contribution in [2.45, 2.75) is 44.1 Å². The first-order valence-electron chi connectivity index (χ1n) is 8.15. The molecule has 5 nitrogen and oxygen atoms in total. The summed E-state index contributed by atoms with van der Waals surface area (Å²) in [6, 6.07) is 6.06. The van der Waals surface area contributed by atoms with Crippen LogP contribution >= 0.6 is 0 Å². The van der Waals surface area contributed by atoms with Crippen molar-refractivity contribution in [3.05, 3.63) is 41.5 Å². The SMILES string of the molecule is [C-]#[N+]/C=C1\N2c3ccc(OC)cc3N(C)C2OC12CCCCC2. The van der Waals surface area contributed by atoms with Crippen molar-refractivity contribution in [3.63, 3.8) is 0 Å². The minimum atomic E-state index is -0.292. The molecule has 0 radical (unpaired) electrons. The molecule has 1 unspecified atom stereocenters. The summed E-state index contributed by atoms with van der Waals surface area (Å²) in [5.74, 6) is 0.833. The van der Waals surface area contributed by atoms with Crippen LogP contribution in [0.15, 0.2) is 30.1 Å². The average Bonchev–Trinajstić information content (AvgIpc) is 3.02. The van der Waals surface area contributed by atoms with Gasteiger partial charge in [0, 0.05) is 13.1 Å². The van der Waals surface area contributed by atoms with Crippen molar-refractivity contribution in [1.29, 1.82) is 0 Å². The van der Waals surface area contributed by atoms with Gasteiger partial charge in [0.1, 0.15) is 11.4 Å². The summed E-state index contributed by atoms with van der Waals surface area (Å²) in [5, 5.41) is 0. The van der Waals surface area contributed by atoms with Crippen LogP contribution in [0.3, 0.4) is 0 Å². The van der Waals surface area contributed by atoms with Crippen LogP contribution < -0.4 is 14.5 Å². The molecule has 5 heteroatoms. The highest BCUT2D eigenvalue weighted by Crippen LogP contribution is 2.54. The topological polar surface area (TPSA) is 29.3 Å². The molecular formula is C18H21N3O2. The maximum absolute atomic E-state index is 7.35. The number of ether oxygens (including phenoxy) is 2. The summed E-state index contributed by atoms with van der Waals surface area (Å²) >= 11 is 0. The molecule has 4 rings (SSSR count). The van der Waals surface area contributed by atoms with Crippen molar-refractivity contribution < 1.29 is 9.47 Å². The van der Waals surface area contributed by atoms with Crippen LogP contribution in [0.5, 0.6) is 5.75 Å². The van der Waals surface area contributed by atoms with Gasteiger partial charge in [0.05, 0.1) is 30.8 Å². The fraction of sp³-hybridized carbons (Fsp3) is 0.500. The summed E-state index contributed by atoms with van der Waals surface area (Å²) in [6.07, 6.45) is 7.08. The summed E-state index contributed by atoms with van der Waals surface area (Å²) in [7, 11) is 3.72. The average molecular weight is 311 g/mol. The third-order valence-corrected chi connectivity index (χ3v) is 5.28. The Morgan fingerprint density at radius 2 is 2.09 bits per heavy atom. The third-order valence-electron chi connectivity index (χ3n) is 5.28. The van der Waals surface area contributed by atoms with Gasteiger partial charge in [0.2, 0.25) is 6.35 Å². The highest BCUT2D eigenvalue weighted by Gasteiger charge is 2.54. The van der Waals surface area contributed by atoms with Crippen LogP contribution in [0, 0.1) is 6.57 Å². The van der Waals surface area contributed by atoms with Crippen molar-refractivity contribution in [1.82, 2.24) is 0 Å². The molecule has 23 heavy (non-hydrogen) atoms. The lowest BCUT2D eigenvalue weighted by Crippen LogP contribution is -2.38. The number of hydrogen-bond acceptors (Lipinski definition) is 4. The molecule has 1 aliphatic carbocycles. The second-order valence-electron chi connectivity index (χ2n) is 6.48. The summed E-state index contributed by atoms with van der Waals surface area (Å²) < 4.78 is 11.9. The Bertz CT molecular complexity index is 701. The fourth-order valence-corrected chi connectivity index (χ4v) is 4.13. The predicted molar refractivity (Wildman–Crippen MR) is 89.3 cm³/mol. The largest absolute Gasteiger partial charge is 0.497 e. The van der Waals surface area contributed by atoms with E-state index < -0.39 is 0 Å². The van der Waals surface area contributed by atoms with E-state index in [2.05, 4.69) is 20.7 Å². The highest BCUT2D eigenvalue weighted by molar-refractivity contribution is 5.81. The molecule has 0 amide bonds. The maximum atomic E-state index is 7.35. The number of hydrogen-bond donors (Lipinski definition) is 0. The van der Waals surface area contributed by atoms with Crippen LogP contribution in [0.4, 0.5) is 11.4 Å². The zero-order valence-electron chi connectivity index (χ0n) is 13.6. The second-order valence-corrected chi connectivity index (χ2v) is 6.48. The first-order valence-corrected chi connectivity index (χ1v) is 8.15. The van der Waals surface area contributed by atoms with E-state index in [9.17, 15) is 0 Å². The van der Waals surface area contributed by atoms with Gasteiger partial charge < -0.3 is 19.3 Å². The van der Waals surface area contributed by atoms with Gasteiger partial charge in [-0.25, -0.2) is 4.85 Å².